The molecule has 2 saturated heterocycles. The molecule has 1 unspecified atom stereocenters. The zero-order valence-electron chi connectivity index (χ0n) is 17.9. The van der Waals surface area contributed by atoms with Crippen molar-refractivity contribution < 1.29 is 31.4 Å². The number of aliphatic hydroxyl groups is 1. The molecule has 2 heterocycles. The van der Waals surface area contributed by atoms with Gasteiger partial charge in [-0.05, 0) is 60.9 Å². The van der Waals surface area contributed by atoms with Gasteiger partial charge in [-0.15, -0.1) is 0 Å². The van der Waals surface area contributed by atoms with E-state index in [1.165, 1.54) is 0 Å². The van der Waals surface area contributed by atoms with E-state index in [0.29, 0.717) is 26.1 Å². The fourth-order valence-corrected chi connectivity index (χ4v) is 4.94. The van der Waals surface area contributed by atoms with E-state index in [1.54, 1.807) is 0 Å². The third kappa shape index (κ3) is 5.53. The second-order valence-electron chi connectivity index (χ2n) is 8.86. The number of rotatable bonds is 3. The zero-order valence-corrected chi connectivity index (χ0v) is 17.9. The second-order valence-corrected chi connectivity index (χ2v) is 8.86. The predicted octanol–water partition coefficient (Wildman–Crippen LogP) is 6.02. The van der Waals surface area contributed by atoms with Crippen LogP contribution in [0.1, 0.15) is 59.9 Å². The van der Waals surface area contributed by atoms with Gasteiger partial charge >= 0.3 is 12.4 Å². The number of nitrogens with zero attached hydrogens (tertiary/aromatic N) is 2. The van der Waals surface area contributed by atoms with Crippen LogP contribution in [0.5, 0.6) is 0 Å². The zero-order chi connectivity index (χ0) is 23.8. The summed E-state index contributed by atoms with van der Waals surface area (Å²) < 4.78 is 80.6. The Morgan fingerprint density at radius 3 is 2.03 bits per heavy atom. The summed E-state index contributed by atoms with van der Waals surface area (Å²) in [5.41, 5.74) is -1.56. The molecule has 9 heteroatoms. The third-order valence-electron chi connectivity index (χ3n) is 6.58. The van der Waals surface area contributed by atoms with Crippen LogP contribution < -0.4 is 0 Å². The molecule has 0 bridgehead atoms. The van der Waals surface area contributed by atoms with Gasteiger partial charge in [0.1, 0.15) is 0 Å². The molecule has 33 heavy (non-hydrogen) atoms. The summed E-state index contributed by atoms with van der Waals surface area (Å²) in [6.45, 7) is 1.66. The Balaban J connectivity index is 1.68. The fraction of sp³-hybridized carbons (Fsp3) is 0.500. The Hall–Kier alpha value is -2.10. The van der Waals surface area contributed by atoms with Crippen molar-refractivity contribution in [2.45, 2.75) is 56.1 Å². The number of halogens is 6. The SMILES string of the molecule is O[C@@H]1CCN(N2CCCC(c3ccccc3)C2)[C@H](c2cc(C(F)(F)F)cc(C(F)(F)F)c2)C1. The van der Waals surface area contributed by atoms with Gasteiger partial charge in [0.15, 0.2) is 0 Å². The summed E-state index contributed by atoms with van der Waals surface area (Å²) in [6, 6.07) is 10.9. The average Bonchev–Trinajstić information content (AvgIpc) is 2.78. The van der Waals surface area contributed by atoms with Crippen LogP contribution in [0.15, 0.2) is 48.5 Å². The van der Waals surface area contributed by atoms with Crippen molar-refractivity contribution in [1.29, 1.82) is 0 Å². The van der Waals surface area contributed by atoms with Gasteiger partial charge in [-0.1, -0.05) is 30.3 Å². The summed E-state index contributed by atoms with van der Waals surface area (Å²) in [5.74, 6) is 0.222. The molecule has 180 valence electrons. The number of aliphatic hydroxyl groups excluding tert-OH is 1. The average molecular weight is 472 g/mol. The monoisotopic (exact) mass is 472 g/mol. The molecular weight excluding hydrogens is 446 g/mol. The van der Waals surface area contributed by atoms with Crippen LogP contribution in [0, 0.1) is 0 Å². The Labute approximate surface area is 188 Å². The largest absolute Gasteiger partial charge is 0.416 e. The standard InChI is InChI=1S/C24H26F6N2O/c25-23(26,27)19-11-18(12-20(13-19)24(28,29)30)22-14-21(33)8-10-32(22)31-9-4-7-17(15-31)16-5-2-1-3-6-16/h1-3,5-6,11-13,17,21-22,33H,4,7-10,14-15H2/t17?,21-,22+/m1/s1. The Bertz CT molecular complexity index is 914. The molecule has 3 nitrogen and oxygen atoms in total. The lowest BCUT2D eigenvalue weighted by Gasteiger charge is -2.47. The molecular formula is C24H26F6N2O. The lowest BCUT2D eigenvalue weighted by Crippen LogP contribution is -2.52. The van der Waals surface area contributed by atoms with E-state index in [-0.39, 0.29) is 24.0 Å². The van der Waals surface area contributed by atoms with Gasteiger partial charge in [0.25, 0.3) is 0 Å². The molecule has 2 aliphatic heterocycles. The Morgan fingerprint density at radius 1 is 0.788 bits per heavy atom. The first-order valence-corrected chi connectivity index (χ1v) is 11.1. The minimum absolute atomic E-state index is 0.0715. The smallest absolute Gasteiger partial charge is 0.393 e. The summed E-state index contributed by atoms with van der Waals surface area (Å²) >= 11 is 0. The van der Waals surface area contributed by atoms with Gasteiger partial charge in [0.05, 0.1) is 23.3 Å². The van der Waals surface area contributed by atoms with Crippen molar-refractivity contribution >= 4 is 0 Å². The summed E-state index contributed by atoms with van der Waals surface area (Å²) in [6.07, 6.45) is -8.29. The van der Waals surface area contributed by atoms with Crippen LogP contribution in [0.25, 0.3) is 0 Å². The highest BCUT2D eigenvalue weighted by Crippen LogP contribution is 2.41. The van der Waals surface area contributed by atoms with Crippen molar-refractivity contribution in [2.75, 3.05) is 19.6 Å². The first-order valence-electron chi connectivity index (χ1n) is 11.1. The molecule has 2 aromatic carbocycles. The van der Waals surface area contributed by atoms with Crippen molar-refractivity contribution in [3.8, 4) is 0 Å². The van der Waals surface area contributed by atoms with Crippen LogP contribution in [0.2, 0.25) is 0 Å². The molecule has 0 radical (unpaired) electrons. The predicted molar refractivity (Wildman–Crippen MR) is 111 cm³/mol. The Morgan fingerprint density at radius 2 is 1.42 bits per heavy atom. The van der Waals surface area contributed by atoms with Crippen molar-refractivity contribution in [2.24, 2.45) is 0 Å². The van der Waals surface area contributed by atoms with E-state index in [2.05, 4.69) is 0 Å². The van der Waals surface area contributed by atoms with Gasteiger partial charge in [0.2, 0.25) is 0 Å². The topological polar surface area (TPSA) is 26.7 Å². The van der Waals surface area contributed by atoms with E-state index >= 15 is 0 Å². The maximum Gasteiger partial charge on any atom is 0.416 e. The summed E-state index contributed by atoms with van der Waals surface area (Å²) in [5, 5.41) is 14.2. The lowest BCUT2D eigenvalue weighted by atomic mass is 9.89. The highest BCUT2D eigenvalue weighted by molar-refractivity contribution is 5.35. The fourth-order valence-electron chi connectivity index (χ4n) is 4.94. The van der Waals surface area contributed by atoms with E-state index in [1.807, 2.05) is 40.3 Å². The maximum absolute atomic E-state index is 13.4. The van der Waals surface area contributed by atoms with Crippen LogP contribution in [0.4, 0.5) is 26.3 Å². The van der Waals surface area contributed by atoms with Gasteiger partial charge in [0, 0.05) is 19.6 Å². The van der Waals surface area contributed by atoms with E-state index in [9.17, 15) is 31.4 Å². The molecule has 1 N–H and O–H groups in total. The number of piperidine rings is 2. The van der Waals surface area contributed by atoms with E-state index < -0.39 is 35.6 Å². The highest BCUT2D eigenvalue weighted by atomic mass is 19.4. The Kier molecular flexibility index (Phi) is 6.75. The molecule has 4 rings (SSSR count). The van der Waals surface area contributed by atoms with Gasteiger partial charge in [-0.2, -0.15) is 26.3 Å². The normalized spacial score (nSPS) is 25.8. The number of alkyl halides is 6. The number of benzene rings is 2. The van der Waals surface area contributed by atoms with Crippen molar-refractivity contribution in [3.05, 3.63) is 70.8 Å². The van der Waals surface area contributed by atoms with E-state index in [0.717, 1.165) is 30.5 Å². The minimum atomic E-state index is -4.91. The lowest BCUT2D eigenvalue weighted by molar-refractivity contribution is -0.143. The summed E-state index contributed by atoms with van der Waals surface area (Å²) in [4.78, 5) is 0. The first-order chi connectivity index (χ1) is 15.5. The number of hydrogen-bond acceptors (Lipinski definition) is 3. The molecule has 2 fully saturated rings. The van der Waals surface area contributed by atoms with Gasteiger partial charge in [-0.3, -0.25) is 0 Å². The van der Waals surface area contributed by atoms with Crippen molar-refractivity contribution in [3.63, 3.8) is 0 Å². The quantitative estimate of drug-likeness (QED) is 0.554. The highest BCUT2D eigenvalue weighted by Gasteiger charge is 2.40. The van der Waals surface area contributed by atoms with Gasteiger partial charge in [-0.25, -0.2) is 10.0 Å². The van der Waals surface area contributed by atoms with Crippen LogP contribution in [0.3, 0.4) is 0 Å². The van der Waals surface area contributed by atoms with Crippen molar-refractivity contribution in [1.82, 2.24) is 10.0 Å². The van der Waals surface area contributed by atoms with Crippen LogP contribution in [-0.2, 0) is 12.4 Å². The molecule has 0 saturated carbocycles. The molecule has 0 aromatic heterocycles. The molecule has 0 spiro atoms. The first kappa shape index (κ1) is 24.0. The number of hydrazine groups is 1. The van der Waals surface area contributed by atoms with Crippen LogP contribution in [-0.4, -0.2) is 40.9 Å². The molecule has 0 aliphatic carbocycles. The molecule has 3 atom stereocenters. The molecule has 2 aromatic rings. The maximum atomic E-state index is 13.4. The molecule has 2 aliphatic rings. The third-order valence-corrected chi connectivity index (χ3v) is 6.58. The van der Waals surface area contributed by atoms with Crippen LogP contribution >= 0.6 is 0 Å². The number of hydrogen-bond donors (Lipinski definition) is 1. The second kappa shape index (κ2) is 9.27. The van der Waals surface area contributed by atoms with Gasteiger partial charge < -0.3 is 5.11 Å². The van der Waals surface area contributed by atoms with E-state index in [4.69, 9.17) is 0 Å². The minimum Gasteiger partial charge on any atom is -0.393 e. The summed E-state index contributed by atoms with van der Waals surface area (Å²) in [7, 11) is 0. The molecule has 0 amide bonds.